The van der Waals surface area contributed by atoms with Crippen LogP contribution in [0, 0.1) is 5.82 Å². The molecule has 86 valence electrons. The summed E-state index contributed by atoms with van der Waals surface area (Å²) in [6, 6.07) is 14.2. The topological polar surface area (TPSA) is 17.1 Å². The average Bonchev–Trinajstić information content (AvgIpc) is 2.33. The summed E-state index contributed by atoms with van der Waals surface area (Å²) in [7, 11) is 0. The molecule has 0 radical (unpaired) electrons. The van der Waals surface area contributed by atoms with Crippen LogP contribution in [0.5, 0.6) is 0 Å². The maximum atomic E-state index is 13.9. The van der Waals surface area contributed by atoms with Crippen LogP contribution in [0.1, 0.15) is 21.5 Å². The molecule has 0 bridgehead atoms. The maximum absolute atomic E-state index is 13.9. The quantitative estimate of drug-likeness (QED) is 0.756. The van der Waals surface area contributed by atoms with E-state index in [2.05, 4.69) is 0 Å². The molecule has 0 amide bonds. The Morgan fingerprint density at radius 3 is 2.41 bits per heavy atom. The zero-order valence-corrected chi connectivity index (χ0v) is 9.75. The molecule has 0 aliphatic heterocycles. The minimum absolute atomic E-state index is 0.0694. The minimum Gasteiger partial charge on any atom is -0.275 e. The highest BCUT2D eigenvalue weighted by Gasteiger charge is 2.12. The van der Waals surface area contributed by atoms with Gasteiger partial charge in [-0.1, -0.05) is 42.5 Å². The van der Waals surface area contributed by atoms with Gasteiger partial charge in [0.05, 0.1) is 5.56 Å². The Morgan fingerprint density at radius 1 is 1.06 bits per heavy atom. The van der Waals surface area contributed by atoms with Gasteiger partial charge in [-0.3, -0.25) is 4.79 Å². The van der Waals surface area contributed by atoms with E-state index in [1.165, 1.54) is 6.07 Å². The van der Waals surface area contributed by atoms with Crippen molar-refractivity contribution in [2.75, 3.05) is 0 Å². The molecule has 2 rings (SSSR count). The first kappa shape index (κ1) is 11.8. The van der Waals surface area contributed by atoms with E-state index in [0.717, 1.165) is 5.56 Å². The van der Waals surface area contributed by atoms with Crippen LogP contribution in [-0.2, 0) is 6.42 Å². The Kier molecular flexibility index (Phi) is 3.55. The van der Waals surface area contributed by atoms with Gasteiger partial charge in [0.1, 0.15) is 5.82 Å². The lowest BCUT2D eigenvalue weighted by Crippen LogP contribution is -2.00. The van der Waals surface area contributed by atoms with Crippen molar-refractivity contribution < 1.29 is 9.18 Å². The monoisotopic (exact) mass is 248 g/mol. The Hall–Kier alpha value is -1.67. The lowest BCUT2D eigenvalue weighted by molar-refractivity contribution is 0.107. The highest BCUT2D eigenvalue weighted by molar-refractivity contribution is 6.67. The first-order chi connectivity index (χ1) is 8.18. The van der Waals surface area contributed by atoms with E-state index < -0.39 is 11.1 Å². The van der Waals surface area contributed by atoms with Gasteiger partial charge in [0, 0.05) is 6.42 Å². The van der Waals surface area contributed by atoms with Crippen LogP contribution >= 0.6 is 11.6 Å². The van der Waals surface area contributed by atoms with Crippen LogP contribution in [-0.4, -0.2) is 5.24 Å². The van der Waals surface area contributed by atoms with Crippen molar-refractivity contribution in [1.29, 1.82) is 0 Å². The van der Waals surface area contributed by atoms with Crippen LogP contribution in [0.4, 0.5) is 4.39 Å². The fourth-order valence-corrected chi connectivity index (χ4v) is 1.83. The van der Waals surface area contributed by atoms with Gasteiger partial charge in [-0.25, -0.2) is 4.39 Å². The molecule has 1 nitrogen and oxygen atoms in total. The third-order valence-electron chi connectivity index (χ3n) is 2.53. The van der Waals surface area contributed by atoms with E-state index in [-0.39, 0.29) is 5.56 Å². The molecule has 0 aliphatic rings. The lowest BCUT2D eigenvalue weighted by Gasteiger charge is -2.05. The molecule has 2 aromatic carbocycles. The molecule has 2 aromatic rings. The summed E-state index contributed by atoms with van der Waals surface area (Å²) in [5.41, 5.74) is 1.40. The zero-order chi connectivity index (χ0) is 12.3. The number of rotatable bonds is 3. The van der Waals surface area contributed by atoms with E-state index in [1.54, 1.807) is 12.1 Å². The van der Waals surface area contributed by atoms with Crippen molar-refractivity contribution in [2.24, 2.45) is 0 Å². The summed E-state index contributed by atoms with van der Waals surface area (Å²) in [4.78, 5) is 11.0. The summed E-state index contributed by atoms with van der Waals surface area (Å²) >= 11 is 5.30. The van der Waals surface area contributed by atoms with Gasteiger partial charge in [0.25, 0.3) is 5.24 Å². The normalized spacial score (nSPS) is 10.2. The predicted octanol–water partition coefficient (Wildman–Crippen LogP) is 3.80. The van der Waals surface area contributed by atoms with Gasteiger partial charge >= 0.3 is 0 Å². The molecule has 0 N–H and O–H groups in total. The summed E-state index contributed by atoms with van der Waals surface area (Å²) < 4.78 is 13.9. The SMILES string of the molecule is O=C(Cl)c1cccc(Cc2ccccc2)c1F. The van der Waals surface area contributed by atoms with Crippen molar-refractivity contribution in [3.05, 3.63) is 71.0 Å². The Balaban J connectivity index is 2.34. The zero-order valence-electron chi connectivity index (χ0n) is 8.99. The van der Waals surface area contributed by atoms with Crippen molar-refractivity contribution in [2.45, 2.75) is 6.42 Å². The van der Waals surface area contributed by atoms with E-state index in [9.17, 15) is 9.18 Å². The van der Waals surface area contributed by atoms with Crippen LogP contribution < -0.4 is 0 Å². The predicted molar refractivity (Wildman–Crippen MR) is 65.8 cm³/mol. The number of carbonyl (C=O) groups is 1. The molecule has 0 unspecified atom stereocenters. The molecular weight excluding hydrogens is 239 g/mol. The lowest BCUT2D eigenvalue weighted by atomic mass is 10.0. The number of carbonyl (C=O) groups excluding carboxylic acids is 1. The van der Waals surface area contributed by atoms with Gasteiger partial charge < -0.3 is 0 Å². The fraction of sp³-hybridized carbons (Fsp3) is 0.0714. The van der Waals surface area contributed by atoms with E-state index in [4.69, 9.17) is 11.6 Å². The average molecular weight is 249 g/mol. The van der Waals surface area contributed by atoms with Crippen molar-refractivity contribution in [3.8, 4) is 0 Å². The fourth-order valence-electron chi connectivity index (χ4n) is 1.68. The van der Waals surface area contributed by atoms with Crippen LogP contribution in [0.2, 0.25) is 0 Å². The highest BCUT2D eigenvalue weighted by atomic mass is 35.5. The molecule has 0 spiro atoms. The molecule has 0 atom stereocenters. The smallest absolute Gasteiger partial charge is 0.255 e. The number of halogens is 2. The summed E-state index contributed by atoms with van der Waals surface area (Å²) in [6.07, 6.45) is 0.449. The third kappa shape index (κ3) is 2.71. The molecular formula is C14H10ClFO. The number of benzene rings is 2. The summed E-state index contributed by atoms with van der Waals surface area (Å²) in [5.74, 6) is -0.531. The largest absolute Gasteiger partial charge is 0.275 e. The highest BCUT2D eigenvalue weighted by Crippen LogP contribution is 2.18. The molecule has 0 heterocycles. The van der Waals surface area contributed by atoms with Crippen molar-refractivity contribution in [3.63, 3.8) is 0 Å². The van der Waals surface area contributed by atoms with Crippen LogP contribution in [0.15, 0.2) is 48.5 Å². The Labute approximate surface area is 104 Å². The maximum Gasteiger partial charge on any atom is 0.255 e. The first-order valence-corrected chi connectivity index (χ1v) is 5.57. The molecule has 17 heavy (non-hydrogen) atoms. The number of hydrogen-bond donors (Lipinski definition) is 0. The second kappa shape index (κ2) is 5.11. The van der Waals surface area contributed by atoms with E-state index in [0.29, 0.717) is 12.0 Å². The molecule has 0 saturated carbocycles. The van der Waals surface area contributed by atoms with Crippen LogP contribution in [0.25, 0.3) is 0 Å². The van der Waals surface area contributed by atoms with Crippen molar-refractivity contribution in [1.82, 2.24) is 0 Å². The summed E-state index contributed by atoms with van der Waals surface area (Å²) in [6.45, 7) is 0. The van der Waals surface area contributed by atoms with E-state index in [1.807, 2.05) is 30.3 Å². The minimum atomic E-state index is -0.766. The standard InChI is InChI=1S/C14H10ClFO/c15-14(17)12-8-4-7-11(13(12)16)9-10-5-2-1-3-6-10/h1-8H,9H2. The van der Waals surface area contributed by atoms with Gasteiger partial charge in [-0.15, -0.1) is 0 Å². The Morgan fingerprint density at radius 2 is 1.76 bits per heavy atom. The Bertz CT molecular complexity index is 537. The third-order valence-corrected chi connectivity index (χ3v) is 2.73. The van der Waals surface area contributed by atoms with Crippen LogP contribution in [0.3, 0.4) is 0 Å². The number of hydrogen-bond acceptors (Lipinski definition) is 1. The molecule has 3 heteroatoms. The molecule has 0 saturated heterocycles. The van der Waals surface area contributed by atoms with Gasteiger partial charge in [0.15, 0.2) is 0 Å². The molecule has 0 aromatic heterocycles. The summed E-state index contributed by atoms with van der Waals surface area (Å²) in [5, 5.41) is -0.766. The second-order valence-corrected chi connectivity index (χ2v) is 4.06. The second-order valence-electron chi connectivity index (χ2n) is 3.71. The molecule has 0 fully saturated rings. The van der Waals surface area contributed by atoms with Gasteiger partial charge in [0.2, 0.25) is 0 Å². The van der Waals surface area contributed by atoms with Gasteiger partial charge in [-0.05, 0) is 28.8 Å². The first-order valence-electron chi connectivity index (χ1n) is 5.19. The van der Waals surface area contributed by atoms with Crippen molar-refractivity contribution >= 4 is 16.8 Å². The van der Waals surface area contributed by atoms with E-state index >= 15 is 0 Å². The molecule has 0 aliphatic carbocycles. The van der Waals surface area contributed by atoms with Gasteiger partial charge in [-0.2, -0.15) is 0 Å².